The van der Waals surface area contributed by atoms with Crippen molar-refractivity contribution in [3.8, 4) is 0 Å². The molecule has 0 radical (unpaired) electrons. The summed E-state index contributed by atoms with van der Waals surface area (Å²) in [7, 11) is -0.781. The summed E-state index contributed by atoms with van der Waals surface area (Å²) in [5.74, 6) is 0. The molecule has 2 rings (SSSR count). The minimum Gasteiger partial charge on any atom is -0.407 e. The minimum atomic E-state index is -4.43. The van der Waals surface area contributed by atoms with Crippen molar-refractivity contribution in [1.29, 1.82) is 0 Å². The first kappa shape index (κ1) is 17.2. The second-order valence-electron chi connectivity index (χ2n) is 6.68. The van der Waals surface area contributed by atoms with Crippen molar-refractivity contribution in [2.45, 2.75) is 39.9 Å². The number of hydrogen-bond acceptors (Lipinski definition) is 3. The van der Waals surface area contributed by atoms with Crippen molar-refractivity contribution in [3.05, 3.63) is 23.8 Å². The molecule has 22 heavy (non-hydrogen) atoms. The van der Waals surface area contributed by atoms with Gasteiger partial charge in [-0.25, -0.2) is 0 Å². The molecule has 0 amide bonds. The number of para-hydroxylation sites is 1. The highest BCUT2D eigenvalue weighted by Crippen LogP contribution is 2.35. The smallest absolute Gasteiger partial charge is 0.407 e. The molecule has 1 fully saturated rings. The van der Waals surface area contributed by atoms with Gasteiger partial charge in [0, 0.05) is 35.8 Å². The van der Waals surface area contributed by atoms with Crippen molar-refractivity contribution < 1.29 is 22.5 Å². The molecule has 0 bridgehead atoms. The number of nitrogens with one attached hydrogen (secondary N) is 1. The maximum atomic E-state index is 13.2. The number of halogens is 3. The number of alkyl halides is 3. The molecule has 122 valence electrons. The van der Waals surface area contributed by atoms with E-state index in [1.54, 1.807) is 19.9 Å². The average Bonchev–Trinajstić information content (AvgIpc) is 2.37. The zero-order chi connectivity index (χ0) is 16.5. The Hall–Kier alpha value is -1.21. The summed E-state index contributed by atoms with van der Waals surface area (Å²) in [6.07, 6.45) is -4.43. The van der Waals surface area contributed by atoms with Crippen molar-refractivity contribution in [1.82, 2.24) is 0 Å². The van der Waals surface area contributed by atoms with Gasteiger partial charge >= 0.3 is 13.3 Å². The molecule has 1 N–H and O–H groups in total. The molecule has 1 aromatic carbocycles. The number of anilines is 1. The molecule has 1 aromatic rings. The predicted molar refractivity (Wildman–Crippen MR) is 81.3 cm³/mol. The minimum absolute atomic E-state index is 0.0368. The molecule has 1 heterocycles. The molecule has 0 unspecified atom stereocenters. The first-order valence-electron chi connectivity index (χ1n) is 7.30. The fourth-order valence-electron chi connectivity index (χ4n) is 2.32. The number of benzene rings is 1. The summed E-state index contributed by atoms with van der Waals surface area (Å²) >= 11 is 0. The van der Waals surface area contributed by atoms with Gasteiger partial charge in [-0.05, 0) is 19.9 Å². The molecule has 1 saturated heterocycles. The van der Waals surface area contributed by atoms with Crippen LogP contribution in [0.25, 0.3) is 0 Å². The molecule has 0 aromatic heterocycles. The Bertz CT molecular complexity index is 522. The number of hydrogen-bond donors (Lipinski definition) is 1. The molecule has 3 nitrogen and oxygen atoms in total. The zero-order valence-corrected chi connectivity index (χ0v) is 13.3. The van der Waals surface area contributed by atoms with Crippen LogP contribution in [0.15, 0.2) is 18.2 Å². The average molecular weight is 315 g/mol. The molecular weight excluding hydrogens is 294 g/mol. The molecule has 1 aliphatic rings. The van der Waals surface area contributed by atoms with Gasteiger partial charge < -0.3 is 14.6 Å². The summed E-state index contributed by atoms with van der Waals surface area (Å²) in [5, 5.41) is 2.89. The van der Waals surface area contributed by atoms with E-state index in [-0.39, 0.29) is 17.1 Å². The largest absolute Gasteiger partial charge is 0.496 e. The lowest BCUT2D eigenvalue weighted by molar-refractivity contribution is -0.136. The highest BCUT2D eigenvalue weighted by molar-refractivity contribution is 6.63. The third-order valence-electron chi connectivity index (χ3n) is 3.34. The van der Waals surface area contributed by atoms with Gasteiger partial charge in [-0.3, -0.25) is 0 Å². The first-order valence-corrected chi connectivity index (χ1v) is 7.30. The Morgan fingerprint density at radius 2 is 1.77 bits per heavy atom. The Morgan fingerprint density at radius 3 is 2.27 bits per heavy atom. The SMILES string of the molecule is CC(C)Nc1c(B2OCC(C)(C)CO2)cccc1C(F)(F)F. The standard InChI is InChI=1S/C15H21BF3NO2/c1-10(2)20-13-11(15(17,18)19)6-5-7-12(13)16-21-8-14(3,4)9-22-16/h5-7,10,20H,8-9H2,1-4H3. The topological polar surface area (TPSA) is 30.5 Å². The fraction of sp³-hybridized carbons (Fsp3) is 0.600. The van der Waals surface area contributed by atoms with E-state index >= 15 is 0 Å². The zero-order valence-electron chi connectivity index (χ0n) is 13.3. The van der Waals surface area contributed by atoms with Crippen molar-refractivity contribution in [2.75, 3.05) is 18.5 Å². The van der Waals surface area contributed by atoms with Gasteiger partial charge in [0.25, 0.3) is 0 Å². The van der Waals surface area contributed by atoms with E-state index in [1.165, 1.54) is 6.07 Å². The summed E-state index contributed by atoms with van der Waals surface area (Å²) < 4.78 is 51.0. The Kier molecular flexibility index (Phi) is 4.77. The van der Waals surface area contributed by atoms with Crippen LogP contribution in [0.1, 0.15) is 33.3 Å². The summed E-state index contributed by atoms with van der Waals surface area (Å²) in [6.45, 7) is 8.45. The lowest BCUT2D eigenvalue weighted by Gasteiger charge is -2.34. The molecule has 0 atom stereocenters. The van der Waals surface area contributed by atoms with Crippen molar-refractivity contribution in [2.24, 2.45) is 5.41 Å². The van der Waals surface area contributed by atoms with Gasteiger partial charge in [0.1, 0.15) is 0 Å². The van der Waals surface area contributed by atoms with Gasteiger partial charge in [-0.2, -0.15) is 13.2 Å². The maximum absolute atomic E-state index is 13.2. The molecule has 0 aliphatic carbocycles. The van der Waals surface area contributed by atoms with Crippen LogP contribution in [0.4, 0.5) is 18.9 Å². The third-order valence-corrected chi connectivity index (χ3v) is 3.34. The molecule has 7 heteroatoms. The van der Waals surface area contributed by atoms with E-state index in [2.05, 4.69) is 5.32 Å². The maximum Gasteiger partial charge on any atom is 0.496 e. The highest BCUT2D eigenvalue weighted by Gasteiger charge is 2.39. The van der Waals surface area contributed by atoms with E-state index in [0.717, 1.165) is 6.07 Å². The number of rotatable bonds is 3. The lowest BCUT2D eigenvalue weighted by Crippen LogP contribution is -2.48. The van der Waals surface area contributed by atoms with E-state index in [1.807, 2.05) is 13.8 Å². The highest BCUT2D eigenvalue weighted by atomic mass is 19.4. The van der Waals surface area contributed by atoms with Crippen LogP contribution < -0.4 is 10.8 Å². The van der Waals surface area contributed by atoms with Crippen LogP contribution in [-0.4, -0.2) is 26.4 Å². The van der Waals surface area contributed by atoms with Gasteiger partial charge in [0.15, 0.2) is 0 Å². The van der Waals surface area contributed by atoms with Crippen LogP contribution in [0.3, 0.4) is 0 Å². The van der Waals surface area contributed by atoms with E-state index in [0.29, 0.717) is 18.7 Å². The van der Waals surface area contributed by atoms with Crippen LogP contribution >= 0.6 is 0 Å². The van der Waals surface area contributed by atoms with Crippen LogP contribution in [0, 0.1) is 5.41 Å². The molecule has 0 saturated carbocycles. The van der Waals surface area contributed by atoms with Gasteiger partial charge in [0.2, 0.25) is 0 Å². The Balaban J connectivity index is 2.38. The Morgan fingerprint density at radius 1 is 1.18 bits per heavy atom. The lowest BCUT2D eigenvalue weighted by atomic mass is 9.74. The van der Waals surface area contributed by atoms with Crippen LogP contribution in [-0.2, 0) is 15.5 Å². The van der Waals surface area contributed by atoms with E-state index < -0.39 is 18.9 Å². The van der Waals surface area contributed by atoms with Crippen molar-refractivity contribution >= 4 is 18.3 Å². The van der Waals surface area contributed by atoms with E-state index in [4.69, 9.17) is 9.31 Å². The summed E-state index contributed by atoms with van der Waals surface area (Å²) in [5.41, 5.74) is -0.409. The molecule has 0 spiro atoms. The van der Waals surface area contributed by atoms with Gasteiger partial charge in [-0.1, -0.05) is 26.0 Å². The fourth-order valence-corrected chi connectivity index (χ4v) is 2.32. The van der Waals surface area contributed by atoms with Gasteiger partial charge in [-0.15, -0.1) is 0 Å². The van der Waals surface area contributed by atoms with Crippen LogP contribution in [0.5, 0.6) is 0 Å². The van der Waals surface area contributed by atoms with E-state index in [9.17, 15) is 13.2 Å². The van der Waals surface area contributed by atoms with Gasteiger partial charge in [0.05, 0.1) is 5.56 Å². The predicted octanol–water partition coefficient (Wildman–Crippen LogP) is 3.29. The monoisotopic (exact) mass is 315 g/mol. The summed E-state index contributed by atoms with van der Waals surface area (Å²) in [6, 6.07) is 3.93. The third kappa shape index (κ3) is 3.95. The second-order valence-corrected chi connectivity index (χ2v) is 6.68. The molecular formula is C15H21BF3NO2. The quantitative estimate of drug-likeness (QED) is 0.868. The van der Waals surface area contributed by atoms with Crippen molar-refractivity contribution in [3.63, 3.8) is 0 Å². The normalized spacial score (nSPS) is 18.6. The van der Waals surface area contributed by atoms with Crippen LogP contribution in [0.2, 0.25) is 0 Å². The first-order chi connectivity index (χ1) is 10.1. The second kappa shape index (κ2) is 6.12. The molecule has 1 aliphatic heterocycles. The Labute approximate surface area is 129 Å². The summed E-state index contributed by atoms with van der Waals surface area (Å²) in [4.78, 5) is 0.